The molecule has 1 aromatic carbocycles. The van der Waals surface area contributed by atoms with E-state index >= 15 is 0 Å². The van der Waals surface area contributed by atoms with E-state index in [1.54, 1.807) is 7.11 Å². The smallest absolute Gasteiger partial charge is 0.0812 e. The molecule has 0 bridgehead atoms. The summed E-state index contributed by atoms with van der Waals surface area (Å²) in [5, 5.41) is 0. The summed E-state index contributed by atoms with van der Waals surface area (Å²) in [4.78, 5) is 2.36. The van der Waals surface area contributed by atoms with Crippen LogP contribution in [0.2, 0.25) is 0 Å². The minimum atomic E-state index is 0.312. The average Bonchev–Trinajstić information content (AvgIpc) is 2.31. The van der Waals surface area contributed by atoms with E-state index in [1.807, 2.05) is 0 Å². The van der Waals surface area contributed by atoms with Gasteiger partial charge in [-0.15, -0.1) is 0 Å². The van der Waals surface area contributed by atoms with Crippen molar-refractivity contribution in [2.24, 2.45) is 0 Å². The van der Waals surface area contributed by atoms with E-state index in [2.05, 4.69) is 48.4 Å². The van der Waals surface area contributed by atoms with Gasteiger partial charge in [0.05, 0.1) is 6.10 Å². The summed E-state index contributed by atoms with van der Waals surface area (Å²) in [6, 6.07) is 10.6. The summed E-state index contributed by atoms with van der Waals surface area (Å²) in [5.41, 5.74) is 2.69. The molecule has 0 saturated carbocycles. The molecule has 1 heterocycles. The molecule has 0 saturated heterocycles. The fraction of sp³-hybridized carbons (Fsp3) is 0.429. The lowest BCUT2D eigenvalue weighted by Crippen LogP contribution is -2.30. The molecule has 16 heavy (non-hydrogen) atoms. The van der Waals surface area contributed by atoms with Crippen LogP contribution in [0.15, 0.2) is 42.1 Å². The molecule has 1 aliphatic rings. The van der Waals surface area contributed by atoms with E-state index in [0.717, 1.165) is 19.5 Å². The van der Waals surface area contributed by atoms with Crippen molar-refractivity contribution in [2.75, 3.05) is 13.7 Å². The topological polar surface area (TPSA) is 12.5 Å². The van der Waals surface area contributed by atoms with E-state index in [1.165, 1.54) is 11.1 Å². The van der Waals surface area contributed by atoms with Crippen LogP contribution in [0.4, 0.5) is 0 Å². The number of nitrogens with zero attached hydrogens (tertiary/aromatic N) is 1. The molecule has 1 unspecified atom stereocenters. The Morgan fingerprint density at radius 3 is 2.69 bits per heavy atom. The SMILES string of the molecule is COC1CCN(Cc2ccccc2)C=C1C. The fourth-order valence-electron chi connectivity index (χ4n) is 2.19. The Bertz CT molecular complexity index is 358. The molecule has 0 N–H and O–H groups in total. The van der Waals surface area contributed by atoms with Crippen molar-refractivity contribution in [2.45, 2.75) is 26.0 Å². The van der Waals surface area contributed by atoms with Crippen LogP contribution in [0.1, 0.15) is 18.9 Å². The molecule has 2 rings (SSSR count). The second-order valence-electron chi connectivity index (χ2n) is 4.34. The van der Waals surface area contributed by atoms with Crippen LogP contribution in [0.25, 0.3) is 0 Å². The number of benzene rings is 1. The van der Waals surface area contributed by atoms with Gasteiger partial charge in [0.15, 0.2) is 0 Å². The highest BCUT2D eigenvalue weighted by Crippen LogP contribution is 2.19. The molecule has 1 aliphatic heterocycles. The first-order valence-corrected chi connectivity index (χ1v) is 5.78. The van der Waals surface area contributed by atoms with E-state index in [0.29, 0.717) is 6.10 Å². The zero-order valence-corrected chi connectivity index (χ0v) is 10.0. The summed E-state index contributed by atoms with van der Waals surface area (Å²) < 4.78 is 5.41. The highest BCUT2D eigenvalue weighted by atomic mass is 16.5. The van der Waals surface area contributed by atoms with Gasteiger partial charge in [0.2, 0.25) is 0 Å². The molecule has 1 aromatic rings. The Morgan fingerprint density at radius 1 is 1.31 bits per heavy atom. The van der Waals surface area contributed by atoms with Crippen LogP contribution in [0.3, 0.4) is 0 Å². The van der Waals surface area contributed by atoms with Crippen LogP contribution < -0.4 is 0 Å². The molecule has 0 fully saturated rings. The monoisotopic (exact) mass is 217 g/mol. The molecular formula is C14H19NO. The van der Waals surface area contributed by atoms with Gasteiger partial charge in [-0.25, -0.2) is 0 Å². The molecule has 0 spiro atoms. The minimum Gasteiger partial charge on any atom is -0.377 e. The van der Waals surface area contributed by atoms with Crippen molar-refractivity contribution in [1.29, 1.82) is 0 Å². The van der Waals surface area contributed by atoms with Crippen molar-refractivity contribution in [3.05, 3.63) is 47.7 Å². The maximum Gasteiger partial charge on any atom is 0.0812 e. The number of hydrogen-bond acceptors (Lipinski definition) is 2. The predicted molar refractivity (Wildman–Crippen MR) is 66.0 cm³/mol. The molecule has 2 nitrogen and oxygen atoms in total. The Morgan fingerprint density at radius 2 is 2.06 bits per heavy atom. The lowest BCUT2D eigenvalue weighted by atomic mass is 10.0. The second kappa shape index (κ2) is 5.17. The van der Waals surface area contributed by atoms with E-state index in [9.17, 15) is 0 Å². The second-order valence-corrected chi connectivity index (χ2v) is 4.34. The maximum absolute atomic E-state index is 5.41. The van der Waals surface area contributed by atoms with Crippen molar-refractivity contribution in [3.63, 3.8) is 0 Å². The predicted octanol–water partition coefficient (Wildman–Crippen LogP) is 2.81. The summed E-state index contributed by atoms with van der Waals surface area (Å²) in [6.07, 6.45) is 3.63. The van der Waals surface area contributed by atoms with Gasteiger partial charge in [-0.1, -0.05) is 30.3 Å². The quantitative estimate of drug-likeness (QED) is 0.772. The number of hydrogen-bond donors (Lipinski definition) is 0. The largest absolute Gasteiger partial charge is 0.377 e. The van der Waals surface area contributed by atoms with E-state index in [4.69, 9.17) is 4.74 Å². The van der Waals surface area contributed by atoms with Crippen molar-refractivity contribution in [1.82, 2.24) is 4.90 Å². The lowest BCUT2D eigenvalue weighted by Gasteiger charge is -2.30. The zero-order valence-electron chi connectivity index (χ0n) is 10.0. The summed E-state index contributed by atoms with van der Waals surface area (Å²) in [7, 11) is 1.79. The number of rotatable bonds is 3. The first-order chi connectivity index (χ1) is 7.79. The van der Waals surface area contributed by atoms with Crippen molar-refractivity contribution in [3.8, 4) is 0 Å². The highest BCUT2D eigenvalue weighted by Gasteiger charge is 2.17. The normalized spacial score (nSPS) is 20.8. The van der Waals surface area contributed by atoms with Crippen molar-refractivity contribution < 1.29 is 4.74 Å². The van der Waals surface area contributed by atoms with Gasteiger partial charge in [-0.05, 0) is 24.5 Å². The summed E-state index contributed by atoms with van der Waals surface area (Å²) in [5.74, 6) is 0. The molecule has 0 amide bonds. The highest BCUT2D eigenvalue weighted by molar-refractivity contribution is 5.16. The van der Waals surface area contributed by atoms with Crippen LogP contribution in [-0.2, 0) is 11.3 Å². The fourth-order valence-corrected chi connectivity index (χ4v) is 2.19. The molecule has 0 aromatic heterocycles. The molecule has 1 atom stereocenters. The van der Waals surface area contributed by atoms with Gasteiger partial charge in [0.25, 0.3) is 0 Å². The Hall–Kier alpha value is -1.28. The zero-order chi connectivity index (χ0) is 11.4. The number of ether oxygens (including phenoxy) is 1. The molecular weight excluding hydrogens is 198 g/mol. The molecule has 0 aliphatic carbocycles. The van der Waals surface area contributed by atoms with Gasteiger partial charge in [0.1, 0.15) is 0 Å². The standard InChI is InChI=1S/C14H19NO/c1-12-10-15(9-8-14(12)16-2)11-13-6-4-3-5-7-13/h3-7,10,14H,8-9,11H2,1-2H3. The summed E-state index contributed by atoms with van der Waals surface area (Å²) in [6.45, 7) is 4.21. The first kappa shape index (κ1) is 11.2. The Kier molecular flexibility index (Phi) is 3.62. The molecule has 0 radical (unpaired) electrons. The van der Waals surface area contributed by atoms with Crippen LogP contribution in [0, 0.1) is 0 Å². The number of methoxy groups -OCH3 is 1. The summed E-state index contributed by atoms with van der Waals surface area (Å²) >= 11 is 0. The molecule has 86 valence electrons. The Balaban J connectivity index is 2.00. The van der Waals surface area contributed by atoms with Gasteiger partial charge in [0, 0.05) is 26.4 Å². The van der Waals surface area contributed by atoms with Gasteiger partial charge < -0.3 is 9.64 Å². The Labute approximate surface area is 97.5 Å². The van der Waals surface area contributed by atoms with Gasteiger partial charge in [-0.2, -0.15) is 0 Å². The maximum atomic E-state index is 5.41. The van der Waals surface area contributed by atoms with Crippen molar-refractivity contribution >= 4 is 0 Å². The minimum absolute atomic E-state index is 0.312. The van der Waals surface area contributed by atoms with Gasteiger partial charge >= 0.3 is 0 Å². The third-order valence-corrected chi connectivity index (χ3v) is 3.09. The van der Waals surface area contributed by atoms with E-state index in [-0.39, 0.29) is 0 Å². The third-order valence-electron chi connectivity index (χ3n) is 3.09. The lowest BCUT2D eigenvalue weighted by molar-refractivity contribution is 0.102. The van der Waals surface area contributed by atoms with Crippen LogP contribution in [0.5, 0.6) is 0 Å². The van der Waals surface area contributed by atoms with E-state index < -0.39 is 0 Å². The third kappa shape index (κ3) is 2.64. The van der Waals surface area contributed by atoms with Gasteiger partial charge in [-0.3, -0.25) is 0 Å². The molecule has 2 heteroatoms. The van der Waals surface area contributed by atoms with Crippen LogP contribution >= 0.6 is 0 Å². The van der Waals surface area contributed by atoms with Crippen LogP contribution in [-0.4, -0.2) is 24.7 Å². The first-order valence-electron chi connectivity index (χ1n) is 5.78. The average molecular weight is 217 g/mol.